The number of allylic oxidation sites excluding steroid dienone is 2. The largest absolute Gasteiger partial charge is 0.510 e. The number of nitrogens with zero attached hydrogens (tertiary/aromatic N) is 3. The Balaban J connectivity index is 2.01. The molecule has 0 saturated carbocycles. The van der Waals surface area contributed by atoms with Gasteiger partial charge in [-0.2, -0.15) is 5.10 Å². The second-order valence-corrected chi connectivity index (χ2v) is 4.94. The summed E-state index contributed by atoms with van der Waals surface area (Å²) in [6.07, 6.45) is 4.54. The number of aliphatic hydroxyl groups excluding tert-OH is 1. The standard InChI is InChI=1S/C15H15N3O3/c1-21-12-4-2-10(3-5-12)13-6-11(19)7-14(20)15(13)18-9-16-8-17-18/h2-5,7-9,13,15,20H,6H2,1H3/t13-,15+/m0/s1. The Labute approximate surface area is 121 Å². The Bertz CT molecular complexity index is 662. The minimum atomic E-state index is -0.418. The molecule has 2 atom stereocenters. The first-order valence-corrected chi connectivity index (χ1v) is 6.60. The van der Waals surface area contributed by atoms with Crippen molar-refractivity contribution in [2.45, 2.75) is 18.4 Å². The molecule has 1 aromatic carbocycles. The fourth-order valence-corrected chi connectivity index (χ4v) is 2.68. The zero-order valence-corrected chi connectivity index (χ0v) is 11.5. The lowest BCUT2D eigenvalue weighted by Gasteiger charge is -2.29. The number of carbonyl (C=O) groups is 1. The van der Waals surface area contributed by atoms with Gasteiger partial charge in [0, 0.05) is 18.4 Å². The van der Waals surface area contributed by atoms with Gasteiger partial charge >= 0.3 is 0 Å². The highest BCUT2D eigenvalue weighted by Gasteiger charge is 2.34. The minimum absolute atomic E-state index is 0.0116. The third-order valence-electron chi connectivity index (χ3n) is 3.68. The minimum Gasteiger partial charge on any atom is -0.510 e. The zero-order chi connectivity index (χ0) is 14.8. The van der Waals surface area contributed by atoms with Crippen LogP contribution >= 0.6 is 0 Å². The van der Waals surface area contributed by atoms with Gasteiger partial charge in [0.2, 0.25) is 0 Å². The molecule has 0 radical (unpaired) electrons. The molecule has 0 unspecified atom stereocenters. The van der Waals surface area contributed by atoms with Gasteiger partial charge in [0.25, 0.3) is 0 Å². The number of ketones is 1. The number of aliphatic hydroxyl groups is 1. The Morgan fingerprint density at radius 1 is 1.33 bits per heavy atom. The lowest BCUT2D eigenvalue weighted by atomic mass is 9.82. The van der Waals surface area contributed by atoms with Crippen molar-refractivity contribution in [2.24, 2.45) is 0 Å². The Morgan fingerprint density at radius 2 is 2.10 bits per heavy atom. The highest BCUT2D eigenvalue weighted by atomic mass is 16.5. The van der Waals surface area contributed by atoms with Gasteiger partial charge in [-0.1, -0.05) is 12.1 Å². The molecule has 0 amide bonds. The normalized spacial score (nSPS) is 22.0. The first-order chi connectivity index (χ1) is 10.2. The van der Waals surface area contributed by atoms with E-state index in [0.717, 1.165) is 11.3 Å². The van der Waals surface area contributed by atoms with Crippen molar-refractivity contribution >= 4 is 5.78 Å². The van der Waals surface area contributed by atoms with Crippen LogP contribution in [-0.2, 0) is 4.79 Å². The van der Waals surface area contributed by atoms with E-state index in [1.54, 1.807) is 18.1 Å². The van der Waals surface area contributed by atoms with Crippen LogP contribution in [0.4, 0.5) is 0 Å². The molecule has 1 N–H and O–H groups in total. The molecule has 0 bridgehead atoms. The molecule has 108 valence electrons. The summed E-state index contributed by atoms with van der Waals surface area (Å²) in [7, 11) is 1.60. The van der Waals surface area contributed by atoms with E-state index in [-0.39, 0.29) is 17.5 Å². The maximum absolute atomic E-state index is 11.8. The average Bonchev–Trinajstić information content (AvgIpc) is 3.00. The molecular weight excluding hydrogens is 270 g/mol. The summed E-state index contributed by atoms with van der Waals surface area (Å²) < 4.78 is 6.72. The van der Waals surface area contributed by atoms with Crippen LogP contribution in [0.15, 0.2) is 48.8 Å². The second-order valence-electron chi connectivity index (χ2n) is 4.94. The molecule has 21 heavy (non-hydrogen) atoms. The molecule has 1 aliphatic rings. The van der Waals surface area contributed by atoms with Crippen molar-refractivity contribution in [1.82, 2.24) is 14.8 Å². The smallest absolute Gasteiger partial charge is 0.159 e. The van der Waals surface area contributed by atoms with Crippen LogP contribution in [-0.4, -0.2) is 32.8 Å². The van der Waals surface area contributed by atoms with Crippen LogP contribution in [0.25, 0.3) is 0 Å². The lowest BCUT2D eigenvalue weighted by Crippen LogP contribution is -2.27. The lowest BCUT2D eigenvalue weighted by molar-refractivity contribution is -0.116. The van der Waals surface area contributed by atoms with E-state index < -0.39 is 6.04 Å². The third kappa shape index (κ3) is 2.52. The zero-order valence-electron chi connectivity index (χ0n) is 11.5. The molecule has 0 aliphatic heterocycles. The summed E-state index contributed by atoms with van der Waals surface area (Å²) >= 11 is 0. The number of methoxy groups -OCH3 is 1. The van der Waals surface area contributed by atoms with Gasteiger partial charge in [-0.15, -0.1) is 0 Å². The number of carbonyl (C=O) groups excluding carboxylic acids is 1. The Hall–Kier alpha value is -2.63. The van der Waals surface area contributed by atoms with Crippen LogP contribution in [0.2, 0.25) is 0 Å². The average molecular weight is 285 g/mol. The molecule has 0 spiro atoms. The number of hydrogen-bond donors (Lipinski definition) is 1. The predicted octanol–water partition coefficient (Wildman–Crippen LogP) is 2.03. The fraction of sp³-hybridized carbons (Fsp3) is 0.267. The first-order valence-electron chi connectivity index (χ1n) is 6.60. The van der Waals surface area contributed by atoms with E-state index in [1.165, 1.54) is 12.4 Å². The molecule has 6 heteroatoms. The van der Waals surface area contributed by atoms with Crippen LogP contribution in [0.3, 0.4) is 0 Å². The van der Waals surface area contributed by atoms with Crippen LogP contribution in [0.1, 0.15) is 23.9 Å². The summed E-state index contributed by atoms with van der Waals surface area (Å²) in [5, 5.41) is 14.3. The summed E-state index contributed by atoms with van der Waals surface area (Å²) in [4.78, 5) is 15.7. The highest BCUT2D eigenvalue weighted by Crippen LogP contribution is 2.39. The van der Waals surface area contributed by atoms with Crippen LogP contribution in [0, 0.1) is 0 Å². The molecule has 0 fully saturated rings. The van der Waals surface area contributed by atoms with Gasteiger partial charge < -0.3 is 9.84 Å². The molecule has 1 heterocycles. The summed E-state index contributed by atoms with van der Waals surface area (Å²) in [6, 6.07) is 7.07. The van der Waals surface area contributed by atoms with Crippen molar-refractivity contribution < 1.29 is 14.6 Å². The van der Waals surface area contributed by atoms with Gasteiger partial charge in [0.05, 0.1) is 7.11 Å². The third-order valence-corrected chi connectivity index (χ3v) is 3.68. The van der Waals surface area contributed by atoms with Gasteiger partial charge in [-0.3, -0.25) is 4.79 Å². The van der Waals surface area contributed by atoms with Gasteiger partial charge in [-0.25, -0.2) is 9.67 Å². The molecule has 6 nitrogen and oxygen atoms in total. The molecule has 3 rings (SSSR count). The van der Waals surface area contributed by atoms with Crippen LogP contribution in [0.5, 0.6) is 5.75 Å². The Kier molecular flexibility index (Phi) is 3.43. The van der Waals surface area contributed by atoms with Crippen molar-refractivity contribution in [2.75, 3.05) is 7.11 Å². The number of aromatic nitrogens is 3. The molecule has 2 aromatic rings. The molecule has 0 saturated heterocycles. The van der Waals surface area contributed by atoms with Crippen LogP contribution < -0.4 is 4.74 Å². The topological polar surface area (TPSA) is 77.2 Å². The van der Waals surface area contributed by atoms with Gasteiger partial charge in [0.1, 0.15) is 30.2 Å². The highest BCUT2D eigenvalue weighted by molar-refractivity contribution is 5.92. The van der Waals surface area contributed by atoms with Gasteiger partial charge in [0.15, 0.2) is 5.78 Å². The Morgan fingerprint density at radius 3 is 2.71 bits per heavy atom. The number of rotatable bonds is 3. The summed E-state index contributed by atoms with van der Waals surface area (Å²) in [5.41, 5.74) is 0.948. The van der Waals surface area contributed by atoms with Gasteiger partial charge in [-0.05, 0) is 17.7 Å². The van der Waals surface area contributed by atoms with E-state index in [2.05, 4.69) is 10.1 Å². The number of hydrogen-bond acceptors (Lipinski definition) is 5. The summed E-state index contributed by atoms with van der Waals surface area (Å²) in [6.45, 7) is 0. The monoisotopic (exact) mass is 285 g/mol. The van der Waals surface area contributed by atoms with Crippen molar-refractivity contribution in [1.29, 1.82) is 0 Å². The van der Waals surface area contributed by atoms with Crippen molar-refractivity contribution in [3.8, 4) is 5.75 Å². The number of benzene rings is 1. The maximum atomic E-state index is 11.8. The quantitative estimate of drug-likeness (QED) is 0.933. The molecule has 1 aromatic heterocycles. The van der Waals surface area contributed by atoms with Crippen molar-refractivity contribution in [3.63, 3.8) is 0 Å². The summed E-state index contributed by atoms with van der Waals surface area (Å²) in [5.74, 6) is 0.482. The predicted molar refractivity (Wildman–Crippen MR) is 75.1 cm³/mol. The number of ether oxygens (including phenoxy) is 1. The SMILES string of the molecule is COc1ccc([C@@H]2CC(=O)C=C(O)[C@@H]2n2cncn2)cc1. The van der Waals surface area contributed by atoms with E-state index >= 15 is 0 Å². The van der Waals surface area contributed by atoms with E-state index in [1.807, 2.05) is 24.3 Å². The molecule has 1 aliphatic carbocycles. The maximum Gasteiger partial charge on any atom is 0.159 e. The fourth-order valence-electron chi connectivity index (χ4n) is 2.68. The van der Waals surface area contributed by atoms with E-state index in [9.17, 15) is 9.90 Å². The van der Waals surface area contributed by atoms with E-state index in [4.69, 9.17) is 4.74 Å². The molecular formula is C15H15N3O3. The van der Waals surface area contributed by atoms with E-state index in [0.29, 0.717) is 6.42 Å². The first kappa shape index (κ1) is 13.4. The van der Waals surface area contributed by atoms with Crippen molar-refractivity contribution in [3.05, 3.63) is 54.3 Å². The second kappa shape index (κ2) is 5.40.